The Bertz CT molecular complexity index is 971. The molecule has 0 aliphatic carbocycles. The van der Waals surface area contributed by atoms with Gasteiger partial charge in [-0.1, -0.05) is 37.3 Å². The minimum atomic E-state index is 0.314. The zero-order valence-corrected chi connectivity index (χ0v) is 18.1. The molecule has 0 radical (unpaired) electrons. The number of nitrogens with zero attached hydrogens (tertiary/aromatic N) is 1. The lowest BCUT2D eigenvalue weighted by Crippen LogP contribution is -2.38. The fourth-order valence-corrected chi connectivity index (χ4v) is 4.61. The molecule has 1 aliphatic rings. The number of likely N-dealkylation sites (tertiary alicyclic amines) is 1. The fraction of sp³-hybridized carbons (Fsp3) is 0.423. The molecule has 158 valence electrons. The summed E-state index contributed by atoms with van der Waals surface area (Å²) in [6, 6.07) is 16.7. The summed E-state index contributed by atoms with van der Waals surface area (Å²) in [5.74, 6) is 2.11. The largest absolute Gasteiger partial charge is 0.497 e. The molecule has 4 rings (SSSR count). The summed E-state index contributed by atoms with van der Waals surface area (Å²) in [5, 5.41) is 1.24. The van der Waals surface area contributed by atoms with Crippen molar-refractivity contribution in [2.75, 3.05) is 20.2 Å². The van der Waals surface area contributed by atoms with Crippen LogP contribution in [0.5, 0.6) is 5.75 Å². The van der Waals surface area contributed by atoms with E-state index in [1.165, 1.54) is 16.5 Å². The molecule has 1 aliphatic heterocycles. The maximum absolute atomic E-state index is 12.8. The molecule has 0 saturated carbocycles. The van der Waals surface area contributed by atoms with Gasteiger partial charge < -0.3 is 14.6 Å². The zero-order chi connectivity index (χ0) is 20.9. The van der Waals surface area contributed by atoms with Crippen molar-refractivity contribution in [1.82, 2.24) is 9.88 Å². The van der Waals surface area contributed by atoms with Crippen LogP contribution in [0.2, 0.25) is 0 Å². The Hall–Kier alpha value is -2.75. The molecule has 3 aromatic rings. The zero-order valence-electron chi connectivity index (χ0n) is 18.1. The van der Waals surface area contributed by atoms with E-state index in [4.69, 9.17) is 4.74 Å². The third-order valence-corrected chi connectivity index (χ3v) is 6.50. The van der Waals surface area contributed by atoms with Gasteiger partial charge in [0.2, 0.25) is 5.91 Å². The molecule has 0 spiro atoms. The Balaban J connectivity index is 1.29. The van der Waals surface area contributed by atoms with Crippen molar-refractivity contribution in [1.29, 1.82) is 0 Å². The Morgan fingerprint density at radius 3 is 2.67 bits per heavy atom. The monoisotopic (exact) mass is 404 g/mol. The molecule has 1 amide bonds. The molecule has 1 unspecified atom stereocenters. The van der Waals surface area contributed by atoms with Crippen molar-refractivity contribution < 1.29 is 9.53 Å². The number of aryl methyl sites for hydroxylation is 1. The molecule has 1 atom stereocenters. The number of fused-ring (bicyclic) bond motifs is 1. The van der Waals surface area contributed by atoms with Gasteiger partial charge in [0.05, 0.1) is 7.11 Å². The van der Waals surface area contributed by atoms with Crippen LogP contribution in [0.3, 0.4) is 0 Å². The van der Waals surface area contributed by atoms with Gasteiger partial charge in [-0.2, -0.15) is 0 Å². The van der Waals surface area contributed by atoms with E-state index in [2.05, 4.69) is 59.4 Å². The first-order chi connectivity index (χ1) is 14.6. The number of ether oxygens (including phenoxy) is 1. The molecule has 4 heteroatoms. The van der Waals surface area contributed by atoms with Gasteiger partial charge in [0.15, 0.2) is 0 Å². The minimum Gasteiger partial charge on any atom is -0.497 e. The molecule has 1 saturated heterocycles. The lowest BCUT2D eigenvalue weighted by atomic mass is 9.88. The van der Waals surface area contributed by atoms with Crippen LogP contribution in [0.25, 0.3) is 10.9 Å². The number of nitrogens with one attached hydrogen (secondary N) is 1. The number of rotatable bonds is 7. The van der Waals surface area contributed by atoms with E-state index in [0.717, 1.165) is 50.0 Å². The lowest BCUT2D eigenvalue weighted by Gasteiger charge is -2.32. The van der Waals surface area contributed by atoms with Crippen LogP contribution in [0.1, 0.15) is 49.7 Å². The number of hydrogen-bond acceptors (Lipinski definition) is 2. The molecular weight excluding hydrogens is 372 g/mol. The summed E-state index contributed by atoms with van der Waals surface area (Å²) >= 11 is 0. The second kappa shape index (κ2) is 9.38. The van der Waals surface area contributed by atoms with E-state index < -0.39 is 0 Å². The highest BCUT2D eigenvalue weighted by Gasteiger charge is 2.26. The molecule has 1 aromatic heterocycles. The lowest BCUT2D eigenvalue weighted by molar-refractivity contribution is -0.133. The first-order valence-corrected chi connectivity index (χ1v) is 11.1. The average molecular weight is 405 g/mol. The Labute approximate surface area is 179 Å². The van der Waals surface area contributed by atoms with E-state index in [1.807, 2.05) is 12.1 Å². The number of aromatic nitrogens is 1. The van der Waals surface area contributed by atoms with Crippen LogP contribution in [0.15, 0.2) is 54.7 Å². The molecule has 2 heterocycles. The van der Waals surface area contributed by atoms with Gasteiger partial charge in [-0.15, -0.1) is 0 Å². The van der Waals surface area contributed by atoms with E-state index in [1.54, 1.807) is 7.11 Å². The van der Waals surface area contributed by atoms with Gasteiger partial charge in [0.1, 0.15) is 5.75 Å². The van der Waals surface area contributed by atoms with Crippen LogP contribution in [-0.2, 0) is 11.2 Å². The molecule has 0 bridgehead atoms. The number of aromatic amines is 1. The Morgan fingerprint density at radius 2 is 1.93 bits per heavy atom. The summed E-state index contributed by atoms with van der Waals surface area (Å²) in [5.41, 5.74) is 3.86. The maximum Gasteiger partial charge on any atom is 0.222 e. The van der Waals surface area contributed by atoms with Crippen LogP contribution in [-0.4, -0.2) is 36.0 Å². The molecule has 4 nitrogen and oxygen atoms in total. The van der Waals surface area contributed by atoms with Crippen LogP contribution in [0, 0.1) is 5.92 Å². The SMILES string of the molecule is COc1ccc2[nH]cc(C3CCN(C(=O)CC(C)CCc4ccccc4)CC3)c2c1. The average Bonchev–Trinajstić information content (AvgIpc) is 3.21. The number of methoxy groups -OCH3 is 1. The third-order valence-electron chi connectivity index (χ3n) is 6.50. The topological polar surface area (TPSA) is 45.3 Å². The Kier molecular flexibility index (Phi) is 6.41. The van der Waals surface area contributed by atoms with Gasteiger partial charge in [-0.25, -0.2) is 0 Å². The highest BCUT2D eigenvalue weighted by molar-refractivity contribution is 5.85. The highest BCUT2D eigenvalue weighted by atomic mass is 16.5. The third kappa shape index (κ3) is 4.69. The van der Waals surface area contributed by atoms with E-state index in [9.17, 15) is 4.79 Å². The second-order valence-electron chi connectivity index (χ2n) is 8.64. The van der Waals surface area contributed by atoms with Gasteiger partial charge in [-0.3, -0.25) is 4.79 Å². The number of amides is 1. The number of piperidine rings is 1. The first kappa shape index (κ1) is 20.5. The van der Waals surface area contributed by atoms with Crippen molar-refractivity contribution >= 4 is 16.8 Å². The Morgan fingerprint density at radius 1 is 1.17 bits per heavy atom. The summed E-state index contributed by atoms with van der Waals surface area (Å²) < 4.78 is 5.40. The van der Waals surface area contributed by atoms with Gasteiger partial charge >= 0.3 is 0 Å². The van der Waals surface area contributed by atoms with Crippen LogP contribution >= 0.6 is 0 Å². The molecule has 1 fully saturated rings. The number of H-pyrrole nitrogens is 1. The number of hydrogen-bond donors (Lipinski definition) is 1. The smallest absolute Gasteiger partial charge is 0.222 e. The van der Waals surface area contributed by atoms with Crippen LogP contribution < -0.4 is 4.74 Å². The summed E-state index contributed by atoms with van der Waals surface area (Å²) in [7, 11) is 1.71. The number of carbonyl (C=O) groups excluding carboxylic acids is 1. The van der Waals surface area contributed by atoms with E-state index in [-0.39, 0.29) is 0 Å². The van der Waals surface area contributed by atoms with Crippen molar-refractivity contribution in [2.24, 2.45) is 5.92 Å². The normalized spacial score (nSPS) is 16.0. The van der Waals surface area contributed by atoms with Crippen molar-refractivity contribution in [3.8, 4) is 5.75 Å². The molecule has 1 N–H and O–H groups in total. The maximum atomic E-state index is 12.8. The summed E-state index contributed by atoms with van der Waals surface area (Å²) in [4.78, 5) is 18.3. The van der Waals surface area contributed by atoms with Crippen molar-refractivity contribution in [2.45, 2.75) is 44.9 Å². The quantitative estimate of drug-likeness (QED) is 0.562. The summed E-state index contributed by atoms with van der Waals surface area (Å²) in [6.07, 6.45) is 6.94. The fourth-order valence-electron chi connectivity index (χ4n) is 4.61. The number of carbonyl (C=O) groups is 1. The minimum absolute atomic E-state index is 0.314. The highest BCUT2D eigenvalue weighted by Crippen LogP contribution is 2.35. The first-order valence-electron chi connectivity index (χ1n) is 11.1. The van der Waals surface area contributed by atoms with Crippen LogP contribution in [0.4, 0.5) is 0 Å². The van der Waals surface area contributed by atoms with E-state index in [0.29, 0.717) is 24.2 Å². The molecule has 2 aromatic carbocycles. The predicted octanol–water partition coefficient (Wildman–Crippen LogP) is 5.54. The predicted molar refractivity (Wildman–Crippen MR) is 122 cm³/mol. The molecule has 30 heavy (non-hydrogen) atoms. The van der Waals surface area contributed by atoms with Crippen molar-refractivity contribution in [3.05, 3.63) is 65.9 Å². The van der Waals surface area contributed by atoms with Gasteiger partial charge in [-0.05, 0) is 66.8 Å². The van der Waals surface area contributed by atoms with Gasteiger partial charge in [0.25, 0.3) is 0 Å². The summed E-state index contributed by atoms with van der Waals surface area (Å²) in [6.45, 7) is 3.91. The van der Waals surface area contributed by atoms with Crippen molar-refractivity contribution in [3.63, 3.8) is 0 Å². The standard InChI is InChI=1S/C26H32N2O2/c1-19(8-9-20-6-4-3-5-7-20)16-26(29)28-14-12-21(13-15-28)24-18-27-25-11-10-22(30-2)17-23(24)25/h3-7,10-11,17-19,21,27H,8-9,12-16H2,1-2H3. The molecular formula is C26H32N2O2. The second-order valence-corrected chi connectivity index (χ2v) is 8.64. The van der Waals surface area contributed by atoms with Gasteiger partial charge in [0, 0.05) is 36.6 Å². The van der Waals surface area contributed by atoms with E-state index >= 15 is 0 Å². The number of benzene rings is 2.